The van der Waals surface area contributed by atoms with E-state index < -0.39 is 0 Å². The highest BCUT2D eigenvalue weighted by molar-refractivity contribution is 4.32. The van der Waals surface area contributed by atoms with Crippen LogP contribution in [0.2, 0.25) is 0 Å². The molecule has 0 saturated heterocycles. The Kier molecular flexibility index (Phi) is 11.7. The summed E-state index contributed by atoms with van der Waals surface area (Å²) in [7, 11) is 1.65. The zero-order chi connectivity index (χ0) is 9.78. The normalized spacial score (nSPS) is 10.6. The Balaban J connectivity index is 2.76. The fourth-order valence-electron chi connectivity index (χ4n) is 0.726. The van der Waals surface area contributed by atoms with E-state index in [1.54, 1.807) is 7.11 Å². The van der Waals surface area contributed by atoms with Crippen molar-refractivity contribution in [2.24, 2.45) is 0 Å². The minimum absolute atomic E-state index is 0.621. The topological polar surface area (TPSA) is 36.9 Å². The van der Waals surface area contributed by atoms with Gasteiger partial charge in [-0.3, -0.25) is 0 Å². The van der Waals surface area contributed by atoms with Crippen LogP contribution in [0, 0.1) is 0 Å². The first-order valence-corrected chi connectivity index (χ1v) is 4.64. The zero-order valence-corrected chi connectivity index (χ0v) is 8.58. The van der Waals surface area contributed by atoms with E-state index in [1.807, 2.05) is 6.92 Å². The molecule has 0 aromatic rings. The summed E-state index contributed by atoms with van der Waals surface area (Å²) in [6, 6.07) is 0. The molecule has 0 aliphatic rings. The van der Waals surface area contributed by atoms with E-state index >= 15 is 0 Å². The molecule has 0 atom stereocenters. The monoisotopic (exact) mass is 192 g/mol. The van der Waals surface area contributed by atoms with Crippen LogP contribution in [0.15, 0.2) is 0 Å². The van der Waals surface area contributed by atoms with Crippen molar-refractivity contribution in [3.05, 3.63) is 0 Å². The first-order valence-electron chi connectivity index (χ1n) is 4.64. The Morgan fingerprint density at radius 3 is 1.62 bits per heavy atom. The number of hydrogen-bond donors (Lipinski definition) is 0. The molecular formula is C9H20O4. The Labute approximate surface area is 80.1 Å². The molecule has 0 fully saturated rings. The molecule has 0 aliphatic carbocycles. The molecule has 0 N–H and O–H groups in total. The summed E-state index contributed by atoms with van der Waals surface area (Å²) < 4.78 is 20.3. The van der Waals surface area contributed by atoms with Gasteiger partial charge in [0, 0.05) is 13.7 Å². The molecule has 13 heavy (non-hydrogen) atoms. The van der Waals surface area contributed by atoms with Gasteiger partial charge in [0.15, 0.2) is 0 Å². The SMILES string of the molecule is CCOCCOCCOCCOC. The fraction of sp³-hybridized carbons (Fsp3) is 1.00. The van der Waals surface area contributed by atoms with Crippen molar-refractivity contribution in [3.63, 3.8) is 0 Å². The van der Waals surface area contributed by atoms with Crippen molar-refractivity contribution in [1.29, 1.82) is 0 Å². The van der Waals surface area contributed by atoms with Crippen molar-refractivity contribution in [2.75, 3.05) is 53.4 Å². The van der Waals surface area contributed by atoms with Gasteiger partial charge in [-0.05, 0) is 6.92 Å². The molecule has 0 aromatic heterocycles. The molecule has 0 rings (SSSR count). The van der Waals surface area contributed by atoms with E-state index in [1.165, 1.54) is 0 Å². The molecule has 0 amide bonds. The standard InChI is InChI=1S/C9H20O4/c1-3-11-6-7-13-9-8-12-5-4-10-2/h3-9H2,1-2H3. The van der Waals surface area contributed by atoms with Gasteiger partial charge >= 0.3 is 0 Å². The van der Waals surface area contributed by atoms with Gasteiger partial charge in [0.25, 0.3) is 0 Å². The van der Waals surface area contributed by atoms with E-state index in [0.717, 1.165) is 6.61 Å². The third-order valence-electron chi connectivity index (χ3n) is 1.38. The van der Waals surface area contributed by atoms with Crippen LogP contribution >= 0.6 is 0 Å². The van der Waals surface area contributed by atoms with Crippen molar-refractivity contribution in [3.8, 4) is 0 Å². The van der Waals surface area contributed by atoms with Crippen LogP contribution < -0.4 is 0 Å². The van der Waals surface area contributed by atoms with Gasteiger partial charge in [0.2, 0.25) is 0 Å². The highest BCUT2D eigenvalue weighted by Gasteiger charge is 1.89. The molecule has 0 heterocycles. The van der Waals surface area contributed by atoms with Gasteiger partial charge in [-0.15, -0.1) is 0 Å². The van der Waals surface area contributed by atoms with Gasteiger partial charge in [-0.1, -0.05) is 0 Å². The highest BCUT2D eigenvalue weighted by atomic mass is 16.5. The van der Waals surface area contributed by atoms with E-state index in [9.17, 15) is 0 Å². The number of ether oxygens (including phenoxy) is 4. The van der Waals surface area contributed by atoms with Crippen LogP contribution in [0.25, 0.3) is 0 Å². The summed E-state index contributed by atoms with van der Waals surface area (Å²) in [5.74, 6) is 0. The first kappa shape index (κ1) is 12.8. The summed E-state index contributed by atoms with van der Waals surface area (Å²) in [4.78, 5) is 0. The third-order valence-corrected chi connectivity index (χ3v) is 1.38. The average molecular weight is 192 g/mol. The lowest BCUT2D eigenvalue weighted by Crippen LogP contribution is -2.11. The van der Waals surface area contributed by atoms with Gasteiger partial charge in [0.05, 0.1) is 39.6 Å². The van der Waals surface area contributed by atoms with E-state index in [4.69, 9.17) is 18.9 Å². The third kappa shape index (κ3) is 11.8. The summed E-state index contributed by atoms with van der Waals surface area (Å²) in [6.07, 6.45) is 0. The fourth-order valence-corrected chi connectivity index (χ4v) is 0.726. The highest BCUT2D eigenvalue weighted by Crippen LogP contribution is 1.80. The predicted molar refractivity (Wildman–Crippen MR) is 50.0 cm³/mol. The summed E-state index contributed by atoms with van der Waals surface area (Å²) in [5, 5.41) is 0. The van der Waals surface area contributed by atoms with Gasteiger partial charge in [-0.2, -0.15) is 0 Å². The van der Waals surface area contributed by atoms with Gasteiger partial charge < -0.3 is 18.9 Å². The van der Waals surface area contributed by atoms with Crippen molar-refractivity contribution >= 4 is 0 Å². The second kappa shape index (κ2) is 11.8. The van der Waals surface area contributed by atoms with Crippen molar-refractivity contribution < 1.29 is 18.9 Å². The first-order chi connectivity index (χ1) is 6.41. The van der Waals surface area contributed by atoms with Crippen LogP contribution in [0.1, 0.15) is 6.92 Å². The lowest BCUT2D eigenvalue weighted by atomic mass is 10.7. The second-order valence-corrected chi connectivity index (χ2v) is 2.41. The maximum Gasteiger partial charge on any atom is 0.0701 e. The molecule has 0 spiro atoms. The summed E-state index contributed by atoms with van der Waals surface area (Å²) in [6.45, 7) is 6.52. The lowest BCUT2D eigenvalue weighted by molar-refractivity contribution is 0.00534. The van der Waals surface area contributed by atoms with Crippen molar-refractivity contribution in [1.82, 2.24) is 0 Å². The van der Waals surface area contributed by atoms with E-state index in [2.05, 4.69) is 0 Å². The average Bonchev–Trinajstić information content (AvgIpc) is 2.16. The molecule has 0 saturated carbocycles. The van der Waals surface area contributed by atoms with E-state index in [-0.39, 0.29) is 0 Å². The molecule has 4 nitrogen and oxygen atoms in total. The molecule has 0 bridgehead atoms. The van der Waals surface area contributed by atoms with Crippen LogP contribution in [0.4, 0.5) is 0 Å². The lowest BCUT2D eigenvalue weighted by Gasteiger charge is -2.05. The maximum absolute atomic E-state index is 5.23. The molecule has 0 aromatic carbocycles. The molecule has 0 radical (unpaired) electrons. The minimum atomic E-state index is 0.621. The Morgan fingerprint density at radius 1 is 0.692 bits per heavy atom. The quantitative estimate of drug-likeness (QED) is 0.477. The molecule has 80 valence electrons. The Bertz CT molecular complexity index is 77.7. The van der Waals surface area contributed by atoms with Crippen molar-refractivity contribution in [2.45, 2.75) is 6.92 Å². The number of methoxy groups -OCH3 is 1. The Hall–Kier alpha value is -0.160. The largest absolute Gasteiger partial charge is 0.382 e. The molecule has 4 heteroatoms. The summed E-state index contributed by atoms with van der Waals surface area (Å²) in [5.41, 5.74) is 0. The van der Waals surface area contributed by atoms with Crippen LogP contribution in [-0.4, -0.2) is 53.4 Å². The summed E-state index contributed by atoms with van der Waals surface area (Å²) >= 11 is 0. The van der Waals surface area contributed by atoms with Crippen LogP contribution in [0.3, 0.4) is 0 Å². The maximum atomic E-state index is 5.23. The number of hydrogen-bond acceptors (Lipinski definition) is 4. The second-order valence-electron chi connectivity index (χ2n) is 2.41. The molecule has 0 unspecified atom stereocenters. The number of rotatable bonds is 10. The Morgan fingerprint density at radius 2 is 1.15 bits per heavy atom. The van der Waals surface area contributed by atoms with Crippen LogP contribution in [0.5, 0.6) is 0 Å². The smallest absolute Gasteiger partial charge is 0.0701 e. The molecule has 0 aliphatic heterocycles. The van der Waals surface area contributed by atoms with Gasteiger partial charge in [-0.25, -0.2) is 0 Å². The van der Waals surface area contributed by atoms with Gasteiger partial charge in [0.1, 0.15) is 0 Å². The zero-order valence-electron chi connectivity index (χ0n) is 8.58. The molecular weight excluding hydrogens is 172 g/mol. The predicted octanol–water partition coefficient (Wildman–Crippen LogP) is 0.702. The van der Waals surface area contributed by atoms with Crippen LogP contribution in [-0.2, 0) is 18.9 Å². The minimum Gasteiger partial charge on any atom is -0.382 e. The van der Waals surface area contributed by atoms with E-state index in [0.29, 0.717) is 39.6 Å².